The Morgan fingerprint density at radius 2 is 2.00 bits per heavy atom. The highest BCUT2D eigenvalue weighted by Gasteiger charge is 2.47. The van der Waals surface area contributed by atoms with E-state index in [0.29, 0.717) is 31.1 Å². The predicted molar refractivity (Wildman–Crippen MR) is 133 cm³/mol. The Balaban J connectivity index is 1.22. The summed E-state index contributed by atoms with van der Waals surface area (Å²) in [5.74, 6) is 2.13. The summed E-state index contributed by atoms with van der Waals surface area (Å²) >= 11 is 0. The summed E-state index contributed by atoms with van der Waals surface area (Å²) < 4.78 is 5.96. The molecular weight excluding hydrogens is 440 g/mol. The second-order valence-electron chi connectivity index (χ2n) is 9.32. The van der Waals surface area contributed by atoms with Crippen LogP contribution in [0.2, 0.25) is 0 Å². The van der Waals surface area contributed by atoms with Crippen LogP contribution >= 0.6 is 0 Å². The second kappa shape index (κ2) is 8.94. The van der Waals surface area contributed by atoms with Crippen molar-refractivity contribution < 1.29 is 9.53 Å². The van der Waals surface area contributed by atoms with Gasteiger partial charge in [0.05, 0.1) is 11.6 Å². The number of nitrogens with two attached hydrogens (primary N) is 1. The molecule has 1 aliphatic heterocycles. The molecule has 0 radical (unpaired) electrons. The number of rotatable bonds is 8. The van der Waals surface area contributed by atoms with Gasteiger partial charge in [0.25, 0.3) is 0 Å². The van der Waals surface area contributed by atoms with Gasteiger partial charge < -0.3 is 15.8 Å². The van der Waals surface area contributed by atoms with E-state index in [4.69, 9.17) is 20.4 Å². The lowest BCUT2D eigenvalue weighted by Crippen LogP contribution is -2.41. The summed E-state index contributed by atoms with van der Waals surface area (Å²) in [4.78, 5) is 30.4. The molecule has 4 unspecified atom stereocenters. The van der Waals surface area contributed by atoms with Crippen molar-refractivity contribution in [3.05, 3.63) is 83.6 Å². The highest BCUT2D eigenvalue weighted by Crippen LogP contribution is 2.45. The molecule has 1 fully saturated rings. The molecule has 1 saturated carbocycles. The minimum Gasteiger partial charge on any atom is -0.489 e. The van der Waals surface area contributed by atoms with Crippen molar-refractivity contribution in [1.82, 2.24) is 15.0 Å². The minimum absolute atomic E-state index is 0.0747. The number of primary amides is 1. The fourth-order valence-corrected chi connectivity index (χ4v) is 5.38. The molecule has 35 heavy (non-hydrogen) atoms. The number of aliphatic imine (C=N–C) groups is 1. The van der Waals surface area contributed by atoms with Gasteiger partial charge in [0, 0.05) is 43.1 Å². The SMILES string of the molecule is NC(=O)C1C2C=CC(C2)C1Nc1nc(Cc2cccc(OCc3cccnc3)c2)nc2c1N=CC2. The molecule has 1 aromatic carbocycles. The van der Waals surface area contributed by atoms with Crippen molar-refractivity contribution in [3.8, 4) is 5.75 Å². The van der Waals surface area contributed by atoms with E-state index in [0.717, 1.165) is 34.7 Å². The number of nitrogens with zero attached hydrogens (tertiary/aromatic N) is 4. The zero-order valence-corrected chi connectivity index (χ0v) is 19.2. The van der Waals surface area contributed by atoms with Gasteiger partial charge in [-0.05, 0) is 42.0 Å². The monoisotopic (exact) mass is 466 g/mol. The molecule has 3 heterocycles. The highest BCUT2D eigenvalue weighted by molar-refractivity contribution is 5.82. The van der Waals surface area contributed by atoms with E-state index < -0.39 is 0 Å². The first-order valence-corrected chi connectivity index (χ1v) is 11.9. The number of benzene rings is 1. The van der Waals surface area contributed by atoms with Crippen LogP contribution in [0, 0.1) is 17.8 Å². The third-order valence-corrected chi connectivity index (χ3v) is 6.99. The number of amides is 1. The van der Waals surface area contributed by atoms with Crippen LogP contribution < -0.4 is 15.8 Å². The number of ether oxygens (including phenoxy) is 1. The largest absolute Gasteiger partial charge is 0.489 e. The molecular formula is C27H26N6O2. The normalized spacial score (nSPS) is 23.4. The number of aromatic nitrogens is 3. The highest BCUT2D eigenvalue weighted by atomic mass is 16.5. The van der Waals surface area contributed by atoms with Gasteiger partial charge in [-0.15, -0.1) is 0 Å². The van der Waals surface area contributed by atoms with Gasteiger partial charge in [-0.3, -0.25) is 14.8 Å². The van der Waals surface area contributed by atoms with E-state index in [1.165, 1.54) is 0 Å². The van der Waals surface area contributed by atoms with Gasteiger partial charge in [0.1, 0.15) is 23.9 Å². The summed E-state index contributed by atoms with van der Waals surface area (Å²) in [6.07, 6.45) is 11.9. The van der Waals surface area contributed by atoms with Crippen molar-refractivity contribution in [2.24, 2.45) is 28.5 Å². The standard InChI is InChI=1S/C27H26N6O2/c28-26(34)23-18-6-7-19(13-18)24(23)33-27-25-21(8-10-30-25)31-22(32-27)12-16-3-1-5-20(11-16)35-15-17-4-2-9-29-14-17/h1-7,9-11,14,18-19,23-24H,8,12-13,15H2,(H2,28,34)(H,31,32,33). The average Bonchev–Trinajstić information content (AvgIpc) is 3.60. The zero-order valence-electron chi connectivity index (χ0n) is 19.2. The first-order chi connectivity index (χ1) is 17.1. The Labute approximate surface area is 203 Å². The molecule has 176 valence electrons. The molecule has 8 heteroatoms. The van der Waals surface area contributed by atoms with E-state index in [9.17, 15) is 4.79 Å². The molecule has 0 saturated heterocycles. The smallest absolute Gasteiger partial charge is 0.223 e. The maximum atomic E-state index is 12.2. The van der Waals surface area contributed by atoms with Gasteiger partial charge in [-0.25, -0.2) is 9.97 Å². The minimum atomic E-state index is -0.267. The number of fused-ring (bicyclic) bond motifs is 3. The predicted octanol–water partition coefficient (Wildman–Crippen LogP) is 3.39. The van der Waals surface area contributed by atoms with Crippen LogP contribution in [0.1, 0.15) is 29.1 Å². The number of hydrogen-bond donors (Lipinski definition) is 2. The molecule has 2 aliphatic carbocycles. The average molecular weight is 467 g/mol. The van der Waals surface area contributed by atoms with Crippen molar-refractivity contribution in [2.45, 2.75) is 31.9 Å². The van der Waals surface area contributed by atoms with Gasteiger partial charge in [0.2, 0.25) is 5.91 Å². The molecule has 2 bridgehead atoms. The third-order valence-electron chi connectivity index (χ3n) is 6.99. The zero-order chi connectivity index (χ0) is 23.8. The Morgan fingerprint density at radius 3 is 2.86 bits per heavy atom. The van der Waals surface area contributed by atoms with Gasteiger partial charge in [-0.2, -0.15) is 0 Å². The Hall–Kier alpha value is -4.07. The molecule has 3 aromatic rings. The molecule has 0 spiro atoms. The lowest BCUT2D eigenvalue weighted by atomic mass is 9.88. The Kier molecular flexibility index (Phi) is 5.48. The van der Waals surface area contributed by atoms with E-state index in [2.05, 4.69) is 27.4 Å². The number of pyridine rings is 1. The Bertz CT molecular complexity index is 1320. The fourth-order valence-electron chi connectivity index (χ4n) is 5.38. The van der Waals surface area contributed by atoms with Crippen LogP contribution in [0.5, 0.6) is 5.75 Å². The van der Waals surface area contributed by atoms with Gasteiger partial charge in [0.15, 0.2) is 5.82 Å². The fraction of sp³-hybridized carbons (Fsp3) is 0.296. The number of anilines is 1. The molecule has 6 rings (SSSR count). The first-order valence-electron chi connectivity index (χ1n) is 11.9. The molecule has 8 nitrogen and oxygen atoms in total. The number of allylic oxidation sites excluding steroid dienone is 1. The summed E-state index contributed by atoms with van der Waals surface area (Å²) in [6.45, 7) is 0.455. The van der Waals surface area contributed by atoms with Crippen LogP contribution in [0.25, 0.3) is 0 Å². The first kappa shape index (κ1) is 21.5. The lowest BCUT2D eigenvalue weighted by molar-refractivity contribution is -0.122. The van der Waals surface area contributed by atoms with Gasteiger partial charge >= 0.3 is 0 Å². The quantitative estimate of drug-likeness (QED) is 0.492. The summed E-state index contributed by atoms with van der Waals surface area (Å²) in [6, 6.07) is 11.8. The number of hydrogen-bond acceptors (Lipinski definition) is 7. The molecule has 2 aromatic heterocycles. The summed E-state index contributed by atoms with van der Waals surface area (Å²) in [5, 5.41) is 3.53. The number of carbonyl (C=O) groups excluding carboxylic acids is 1. The molecule has 3 N–H and O–H groups in total. The molecule has 3 aliphatic rings. The second-order valence-corrected chi connectivity index (χ2v) is 9.32. The van der Waals surface area contributed by atoms with Crippen molar-refractivity contribution >= 4 is 23.6 Å². The van der Waals surface area contributed by atoms with E-state index in [1.54, 1.807) is 12.4 Å². The summed E-state index contributed by atoms with van der Waals surface area (Å²) in [5.41, 5.74) is 9.49. The topological polar surface area (TPSA) is 115 Å². The van der Waals surface area contributed by atoms with E-state index in [1.807, 2.05) is 42.6 Å². The maximum Gasteiger partial charge on any atom is 0.223 e. The van der Waals surface area contributed by atoms with Crippen LogP contribution in [0.15, 0.2) is 65.9 Å². The van der Waals surface area contributed by atoms with Crippen LogP contribution in [-0.2, 0) is 24.2 Å². The molecule has 1 amide bonds. The van der Waals surface area contributed by atoms with Crippen molar-refractivity contribution in [2.75, 3.05) is 5.32 Å². The van der Waals surface area contributed by atoms with Crippen LogP contribution in [0.3, 0.4) is 0 Å². The van der Waals surface area contributed by atoms with E-state index >= 15 is 0 Å². The van der Waals surface area contributed by atoms with Crippen molar-refractivity contribution in [1.29, 1.82) is 0 Å². The summed E-state index contributed by atoms with van der Waals surface area (Å²) in [7, 11) is 0. The van der Waals surface area contributed by atoms with Crippen molar-refractivity contribution in [3.63, 3.8) is 0 Å². The number of carbonyl (C=O) groups is 1. The van der Waals surface area contributed by atoms with E-state index in [-0.39, 0.29) is 29.7 Å². The number of nitrogens with one attached hydrogen (secondary N) is 1. The Morgan fingerprint density at radius 1 is 1.11 bits per heavy atom. The lowest BCUT2D eigenvalue weighted by Gasteiger charge is -2.27. The molecule has 4 atom stereocenters. The van der Waals surface area contributed by atoms with Crippen LogP contribution in [0.4, 0.5) is 11.5 Å². The maximum absolute atomic E-state index is 12.2. The van der Waals surface area contributed by atoms with Gasteiger partial charge in [-0.1, -0.05) is 30.4 Å². The third kappa shape index (κ3) is 4.27. The van der Waals surface area contributed by atoms with Crippen LogP contribution in [-0.4, -0.2) is 33.1 Å².